The summed E-state index contributed by atoms with van der Waals surface area (Å²) in [6, 6.07) is 9.65. The van der Waals surface area contributed by atoms with Gasteiger partial charge in [-0.1, -0.05) is 24.3 Å². The van der Waals surface area contributed by atoms with E-state index in [9.17, 15) is 4.79 Å². The molecule has 0 N–H and O–H groups in total. The number of Topliss-reactive ketones (excluding diaryl/α,β-unsaturated/α-hetero) is 1. The molecule has 21 heavy (non-hydrogen) atoms. The van der Waals surface area contributed by atoms with Gasteiger partial charge in [-0.2, -0.15) is 0 Å². The van der Waals surface area contributed by atoms with Gasteiger partial charge in [0.2, 0.25) is 0 Å². The summed E-state index contributed by atoms with van der Waals surface area (Å²) in [5, 5.41) is 1.88. The third-order valence-electron chi connectivity index (χ3n) is 3.05. The van der Waals surface area contributed by atoms with Gasteiger partial charge in [0.1, 0.15) is 11.5 Å². The summed E-state index contributed by atoms with van der Waals surface area (Å²) in [6.45, 7) is 9.41. The number of hydrogen-bond donors (Lipinski definition) is 0. The number of hydrogen-bond acceptors (Lipinski definition) is 3. The molecule has 112 valence electrons. The van der Waals surface area contributed by atoms with Gasteiger partial charge in [0.15, 0.2) is 5.78 Å². The van der Waals surface area contributed by atoms with Crippen LogP contribution in [0.3, 0.4) is 0 Å². The first-order valence-electron chi connectivity index (χ1n) is 7.30. The van der Waals surface area contributed by atoms with E-state index in [1.807, 2.05) is 52.0 Å². The molecule has 0 amide bonds. The van der Waals surface area contributed by atoms with E-state index in [0.29, 0.717) is 11.3 Å². The molecule has 2 aromatic rings. The highest BCUT2D eigenvalue weighted by molar-refractivity contribution is 6.06. The van der Waals surface area contributed by atoms with Crippen molar-refractivity contribution in [2.24, 2.45) is 0 Å². The Hall–Kier alpha value is -2.03. The van der Waals surface area contributed by atoms with Gasteiger partial charge in [0.05, 0.1) is 17.8 Å². The van der Waals surface area contributed by atoms with E-state index in [1.54, 1.807) is 13.0 Å². The molecule has 3 nitrogen and oxygen atoms in total. The maximum absolute atomic E-state index is 12.0. The number of carbonyl (C=O) groups excluding carboxylic acids is 1. The van der Waals surface area contributed by atoms with Crippen LogP contribution in [0.5, 0.6) is 11.5 Å². The largest absolute Gasteiger partial charge is 0.490 e. The van der Waals surface area contributed by atoms with Crippen LogP contribution in [0.15, 0.2) is 30.3 Å². The zero-order valence-electron chi connectivity index (χ0n) is 13.3. The van der Waals surface area contributed by atoms with Crippen molar-refractivity contribution in [1.29, 1.82) is 0 Å². The lowest BCUT2D eigenvalue weighted by atomic mass is 10.0. The van der Waals surface area contributed by atoms with Crippen molar-refractivity contribution in [2.45, 2.75) is 46.8 Å². The lowest BCUT2D eigenvalue weighted by Crippen LogP contribution is -2.11. The highest BCUT2D eigenvalue weighted by Crippen LogP contribution is 2.38. The van der Waals surface area contributed by atoms with Crippen LogP contribution < -0.4 is 9.47 Å². The van der Waals surface area contributed by atoms with Crippen LogP contribution in [-0.4, -0.2) is 18.0 Å². The molecule has 0 saturated heterocycles. The van der Waals surface area contributed by atoms with E-state index in [4.69, 9.17) is 9.47 Å². The van der Waals surface area contributed by atoms with Crippen molar-refractivity contribution in [2.75, 3.05) is 0 Å². The van der Waals surface area contributed by atoms with Crippen molar-refractivity contribution >= 4 is 16.6 Å². The molecule has 0 aliphatic carbocycles. The Labute approximate surface area is 125 Å². The highest BCUT2D eigenvalue weighted by Gasteiger charge is 2.18. The summed E-state index contributed by atoms with van der Waals surface area (Å²) < 4.78 is 11.8. The zero-order valence-corrected chi connectivity index (χ0v) is 13.3. The summed E-state index contributed by atoms with van der Waals surface area (Å²) in [4.78, 5) is 12.0. The second kappa shape index (κ2) is 6.17. The first-order chi connectivity index (χ1) is 9.90. The Balaban J connectivity index is 2.75. The van der Waals surface area contributed by atoms with Crippen molar-refractivity contribution in [1.82, 2.24) is 0 Å². The Bertz CT molecular complexity index is 657. The van der Waals surface area contributed by atoms with Crippen LogP contribution in [-0.2, 0) is 0 Å². The number of ether oxygens (including phenoxy) is 2. The molecule has 0 heterocycles. The second-order valence-electron chi connectivity index (χ2n) is 5.69. The molecule has 0 aliphatic heterocycles. The molecule has 0 fully saturated rings. The number of fused-ring (bicyclic) bond motifs is 1. The van der Waals surface area contributed by atoms with Gasteiger partial charge in [-0.25, -0.2) is 0 Å². The van der Waals surface area contributed by atoms with Crippen LogP contribution in [0.4, 0.5) is 0 Å². The Morgan fingerprint density at radius 2 is 1.52 bits per heavy atom. The van der Waals surface area contributed by atoms with Gasteiger partial charge in [-0.05, 0) is 40.7 Å². The topological polar surface area (TPSA) is 35.5 Å². The third kappa shape index (κ3) is 3.35. The van der Waals surface area contributed by atoms with E-state index < -0.39 is 0 Å². The minimum atomic E-state index is -0.0231. The smallest absolute Gasteiger partial charge is 0.163 e. The molecule has 0 radical (unpaired) electrons. The minimum Gasteiger partial charge on any atom is -0.490 e. The summed E-state index contributed by atoms with van der Waals surface area (Å²) in [5.74, 6) is 1.34. The highest BCUT2D eigenvalue weighted by atomic mass is 16.5. The van der Waals surface area contributed by atoms with Crippen LogP contribution >= 0.6 is 0 Å². The Morgan fingerprint density at radius 3 is 2.05 bits per heavy atom. The van der Waals surface area contributed by atoms with E-state index in [0.717, 1.165) is 16.5 Å². The van der Waals surface area contributed by atoms with Gasteiger partial charge in [-0.15, -0.1) is 0 Å². The third-order valence-corrected chi connectivity index (χ3v) is 3.05. The van der Waals surface area contributed by atoms with E-state index >= 15 is 0 Å². The first-order valence-corrected chi connectivity index (χ1v) is 7.30. The Morgan fingerprint density at radius 1 is 0.952 bits per heavy atom. The van der Waals surface area contributed by atoms with Crippen molar-refractivity contribution in [3.05, 3.63) is 35.9 Å². The molecular weight excluding hydrogens is 264 g/mol. The molecule has 0 saturated carbocycles. The van der Waals surface area contributed by atoms with Crippen LogP contribution in [0.1, 0.15) is 45.0 Å². The van der Waals surface area contributed by atoms with Crippen LogP contribution in [0.25, 0.3) is 10.8 Å². The maximum Gasteiger partial charge on any atom is 0.163 e. The van der Waals surface area contributed by atoms with Crippen molar-refractivity contribution in [3.63, 3.8) is 0 Å². The number of ketones is 1. The summed E-state index contributed by atoms with van der Waals surface area (Å²) >= 11 is 0. The van der Waals surface area contributed by atoms with Gasteiger partial charge < -0.3 is 9.47 Å². The van der Waals surface area contributed by atoms with E-state index in [-0.39, 0.29) is 18.0 Å². The normalized spacial score (nSPS) is 11.2. The fraction of sp³-hybridized carbons (Fsp3) is 0.389. The monoisotopic (exact) mass is 286 g/mol. The molecule has 0 bridgehead atoms. The first kappa shape index (κ1) is 15.4. The lowest BCUT2D eigenvalue weighted by Gasteiger charge is -2.19. The standard InChI is InChI=1S/C18H22O3/c1-11(2)20-17-10-16(13(5)19)18(21-12(3)4)15-9-7-6-8-14(15)17/h6-12H,1-5H3. The average Bonchev–Trinajstić information content (AvgIpc) is 2.40. The average molecular weight is 286 g/mol. The van der Waals surface area contributed by atoms with Crippen LogP contribution in [0.2, 0.25) is 0 Å². The van der Waals surface area contributed by atoms with E-state index in [2.05, 4.69) is 0 Å². The van der Waals surface area contributed by atoms with Crippen LogP contribution in [0, 0.1) is 0 Å². The summed E-state index contributed by atoms with van der Waals surface area (Å²) in [7, 11) is 0. The predicted molar refractivity (Wildman–Crippen MR) is 85.5 cm³/mol. The Kier molecular flexibility index (Phi) is 4.51. The van der Waals surface area contributed by atoms with Gasteiger partial charge in [0.25, 0.3) is 0 Å². The molecule has 0 aliphatic rings. The molecule has 3 heteroatoms. The number of rotatable bonds is 5. The fourth-order valence-electron chi connectivity index (χ4n) is 2.29. The summed E-state index contributed by atoms with van der Waals surface area (Å²) in [5.41, 5.74) is 0.568. The predicted octanol–water partition coefficient (Wildman–Crippen LogP) is 4.62. The molecule has 0 spiro atoms. The van der Waals surface area contributed by atoms with E-state index in [1.165, 1.54) is 0 Å². The maximum atomic E-state index is 12.0. The number of carbonyl (C=O) groups is 1. The molecule has 0 unspecified atom stereocenters. The molecule has 2 aromatic carbocycles. The zero-order chi connectivity index (χ0) is 15.6. The molecule has 0 aromatic heterocycles. The number of benzene rings is 2. The molecular formula is C18H22O3. The van der Waals surface area contributed by atoms with Crippen molar-refractivity contribution < 1.29 is 14.3 Å². The quantitative estimate of drug-likeness (QED) is 0.752. The molecule has 2 rings (SSSR count). The van der Waals surface area contributed by atoms with Gasteiger partial charge >= 0.3 is 0 Å². The minimum absolute atomic E-state index is 0.00312. The SMILES string of the molecule is CC(=O)c1cc(OC(C)C)c2ccccc2c1OC(C)C. The molecule has 0 atom stereocenters. The summed E-state index contributed by atoms with van der Waals surface area (Å²) in [6.07, 6.45) is 0.0495. The van der Waals surface area contributed by atoms with Gasteiger partial charge in [-0.3, -0.25) is 4.79 Å². The van der Waals surface area contributed by atoms with Gasteiger partial charge in [0, 0.05) is 10.8 Å². The second-order valence-corrected chi connectivity index (χ2v) is 5.69. The van der Waals surface area contributed by atoms with Crippen molar-refractivity contribution in [3.8, 4) is 11.5 Å². The lowest BCUT2D eigenvalue weighted by molar-refractivity contribution is 0.101. The fourth-order valence-corrected chi connectivity index (χ4v) is 2.29.